The number of para-hydroxylation sites is 1. The molecule has 1 aromatic heterocycles. The number of benzene rings is 2. The molecule has 114 valence electrons. The third-order valence-electron chi connectivity index (χ3n) is 4.29. The van der Waals surface area contributed by atoms with E-state index in [0.717, 1.165) is 16.5 Å². The van der Waals surface area contributed by atoms with E-state index < -0.39 is 0 Å². The summed E-state index contributed by atoms with van der Waals surface area (Å²) in [6, 6.07) is 15.3. The molecule has 4 nitrogen and oxygen atoms in total. The SMILES string of the molecule is Cc1cccc(C2CC(=O)Oc3c2c(=O)[nH]c2ccccc32)c1. The molecule has 0 fully saturated rings. The number of hydrogen-bond donors (Lipinski definition) is 1. The minimum atomic E-state index is -0.306. The molecule has 0 saturated carbocycles. The van der Waals surface area contributed by atoms with Crippen LogP contribution in [-0.2, 0) is 4.79 Å². The van der Waals surface area contributed by atoms with Crippen molar-refractivity contribution in [1.29, 1.82) is 0 Å². The summed E-state index contributed by atoms with van der Waals surface area (Å²) in [5.41, 5.74) is 3.07. The molecule has 0 amide bonds. The van der Waals surface area contributed by atoms with Crippen LogP contribution in [0.1, 0.15) is 29.0 Å². The normalized spacial score (nSPS) is 16.9. The van der Waals surface area contributed by atoms with Crippen LogP contribution in [0.2, 0.25) is 0 Å². The Kier molecular flexibility index (Phi) is 3.05. The van der Waals surface area contributed by atoms with Crippen molar-refractivity contribution in [2.75, 3.05) is 0 Å². The maximum atomic E-state index is 12.6. The lowest BCUT2D eigenvalue weighted by Gasteiger charge is -2.25. The molecule has 4 heteroatoms. The summed E-state index contributed by atoms with van der Waals surface area (Å²) in [4.78, 5) is 27.6. The topological polar surface area (TPSA) is 59.2 Å². The molecule has 4 rings (SSSR count). The molecule has 1 N–H and O–H groups in total. The number of carbonyl (C=O) groups is 1. The molecule has 0 aliphatic carbocycles. The van der Waals surface area contributed by atoms with Gasteiger partial charge in [-0.1, -0.05) is 42.0 Å². The molecule has 1 unspecified atom stereocenters. The molecule has 0 saturated heterocycles. The van der Waals surface area contributed by atoms with Crippen molar-refractivity contribution < 1.29 is 9.53 Å². The second-order valence-corrected chi connectivity index (χ2v) is 5.89. The highest BCUT2D eigenvalue weighted by molar-refractivity contribution is 5.91. The van der Waals surface area contributed by atoms with Crippen LogP contribution in [-0.4, -0.2) is 11.0 Å². The predicted molar refractivity (Wildman–Crippen MR) is 87.8 cm³/mol. The van der Waals surface area contributed by atoms with Crippen LogP contribution in [0.15, 0.2) is 53.3 Å². The van der Waals surface area contributed by atoms with Crippen LogP contribution in [0.25, 0.3) is 10.9 Å². The third kappa shape index (κ3) is 2.23. The predicted octanol–water partition coefficient (Wildman–Crippen LogP) is 3.28. The van der Waals surface area contributed by atoms with Gasteiger partial charge in [0.15, 0.2) is 0 Å². The number of rotatable bonds is 1. The Hall–Kier alpha value is -2.88. The summed E-state index contributed by atoms with van der Waals surface area (Å²) >= 11 is 0. The van der Waals surface area contributed by atoms with Gasteiger partial charge < -0.3 is 9.72 Å². The molecule has 1 atom stereocenters. The molecule has 23 heavy (non-hydrogen) atoms. The van der Waals surface area contributed by atoms with E-state index >= 15 is 0 Å². The van der Waals surface area contributed by atoms with Gasteiger partial charge in [0.25, 0.3) is 5.56 Å². The number of nitrogens with one attached hydrogen (secondary N) is 1. The van der Waals surface area contributed by atoms with Crippen LogP contribution in [0.5, 0.6) is 5.75 Å². The first-order valence-corrected chi connectivity index (χ1v) is 7.55. The second-order valence-electron chi connectivity index (χ2n) is 5.89. The van der Waals surface area contributed by atoms with E-state index in [9.17, 15) is 9.59 Å². The van der Waals surface area contributed by atoms with Gasteiger partial charge in [0.1, 0.15) is 5.75 Å². The van der Waals surface area contributed by atoms with Gasteiger partial charge >= 0.3 is 5.97 Å². The summed E-state index contributed by atoms with van der Waals surface area (Å²) in [6.07, 6.45) is 0.178. The zero-order valence-electron chi connectivity index (χ0n) is 12.6. The summed E-state index contributed by atoms with van der Waals surface area (Å²) < 4.78 is 5.45. The molecule has 1 aliphatic rings. The highest BCUT2D eigenvalue weighted by atomic mass is 16.5. The molecule has 0 radical (unpaired) electrons. The Morgan fingerprint density at radius 1 is 1.09 bits per heavy atom. The van der Waals surface area contributed by atoms with E-state index in [-0.39, 0.29) is 23.9 Å². The first kappa shape index (κ1) is 13.8. The van der Waals surface area contributed by atoms with Gasteiger partial charge in [-0.2, -0.15) is 0 Å². The van der Waals surface area contributed by atoms with Gasteiger partial charge in [-0.05, 0) is 24.6 Å². The first-order chi connectivity index (χ1) is 11.1. The van der Waals surface area contributed by atoms with E-state index in [4.69, 9.17) is 4.74 Å². The van der Waals surface area contributed by atoms with E-state index in [1.807, 2.05) is 49.4 Å². The smallest absolute Gasteiger partial charge is 0.312 e. The van der Waals surface area contributed by atoms with Crippen molar-refractivity contribution in [2.45, 2.75) is 19.3 Å². The van der Waals surface area contributed by atoms with Gasteiger partial charge in [-0.25, -0.2) is 0 Å². The number of aromatic amines is 1. The summed E-state index contributed by atoms with van der Waals surface area (Å²) in [6.45, 7) is 2.00. The number of H-pyrrole nitrogens is 1. The number of aromatic nitrogens is 1. The van der Waals surface area contributed by atoms with Crippen LogP contribution in [0.4, 0.5) is 0 Å². The Bertz CT molecular complexity index is 987. The number of esters is 1. The molecular weight excluding hydrogens is 290 g/mol. The number of pyridine rings is 1. The monoisotopic (exact) mass is 305 g/mol. The Balaban J connectivity index is 2.02. The van der Waals surface area contributed by atoms with Crippen molar-refractivity contribution in [2.24, 2.45) is 0 Å². The van der Waals surface area contributed by atoms with Gasteiger partial charge in [0.2, 0.25) is 0 Å². The lowest BCUT2D eigenvalue weighted by Crippen LogP contribution is -2.28. The number of ether oxygens (including phenoxy) is 1. The lowest BCUT2D eigenvalue weighted by molar-refractivity contribution is -0.135. The summed E-state index contributed by atoms with van der Waals surface area (Å²) in [5, 5.41) is 0.757. The summed E-state index contributed by atoms with van der Waals surface area (Å²) in [5.74, 6) is -0.189. The molecule has 3 aromatic rings. The van der Waals surface area contributed by atoms with Crippen molar-refractivity contribution >= 4 is 16.9 Å². The highest BCUT2D eigenvalue weighted by Crippen LogP contribution is 2.39. The van der Waals surface area contributed by atoms with Gasteiger partial charge in [0, 0.05) is 11.3 Å². The Labute approximate surface area is 132 Å². The van der Waals surface area contributed by atoms with Crippen LogP contribution >= 0.6 is 0 Å². The second kappa shape index (κ2) is 5.09. The van der Waals surface area contributed by atoms with Crippen molar-refractivity contribution in [1.82, 2.24) is 4.98 Å². The minimum Gasteiger partial charge on any atom is -0.425 e. The van der Waals surface area contributed by atoms with Crippen LogP contribution in [0, 0.1) is 6.92 Å². The fourth-order valence-corrected chi connectivity index (χ4v) is 3.25. The number of hydrogen-bond acceptors (Lipinski definition) is 3. The standard InChI is InChI=1S/C19H15NO3/c1-11-5-4-6-12(9-11)14-10-16(21)23-18-13-7-2-3-8-15(13)20-19(22)17(14)18/h2-9,14H,10H2,1H3,(H,20,22). The Morgan fingerprint density at radius 2 is 1.91 bits per heavy atom. The molecule has 2 heterocycles. The average molecular weight is 305 g/mol. The van der Waals surface area contributed by atoms with Crippen LogP contribution < -0.4 is 10.3 Å². The van der Waals surface area contributed by atoms with Crippen molar-refractivity contribution in [3.63, 3.8) is 0 Å². The van der Waals surface area contributed by atoms with Crippen LogP contribution in [0.3, 0.4) is 0 Å². The van der Waals surface area contributed by atoms with Gasteiger partial charge in [-0.15, -0.1) is 0 Å². The largest absolute Gasteiger partial charge is 0.425 e. The number of fused-ring (bicyclic) bond motifs is 3. The van der Waals surface area contributed by atoms with E-state index in [1.165, 1.54) is 0 Å². The van der Waals surface area contributed by atoms with Gasteiger partial charge in [-0.3, -0.25) is 9.59 Å². The number of aryl methyl sites for hydroxylation is 1. The van der Waals surface area contributed by atoms with Gasteiger partial charge in [0.05, 0.1) is 17.5 Å². The Morgan fingerprint density at radius 3 is 2.74 bits per heavy atom. The maximum Gasteiger partial charge on any atom is 0.312 e. The zero-order valence-corrected chi connectivity index (χ0v) is 12.6. The fourth-order valence-electron chi connectivity index (χ4n) is 3.25. The minimum absolute atomic E-state index is 0.178. The third-order valence-corrected chi connectivity index (χ3v) is 4.29. The fraction of sp³-hybridized carbons (Fsp3) is 0.158. The summed E-state index contributed by atoms with van der Waals surface area (Å²) in [7, 11) is 0. The highest BCUT2D eigenvalue weighted by Gasteiger charge is 2.32. The quantitative estimate of drug-likeness (QED) is 0.702. The van der Waals surface area contributed by atoms with Crippen molar-refractivity contribution in [3.05, 3.63) is 75.6 Å². The van der Waals surface area contributed by atoms with E-state index in [1.54, 1.807) is 6.07 Å². The zero-order chi connectivity index (χ0) is 16.0. The molecule has 1 aliphatic heterocycles. The first-order valence-electron chi connectivity index (χ1n) is 7.55. The van der Waals surface area contributed by atoms with Crippen molar-refractivity contribution in [3.8, 4) is 5.75 Å². The molecule has 0 bridgehead atoms. The number of carbonyl (C=O) groups excluding carboxylic acids is 1. The van der Waals surface area contributed by atoms with E-state index in [0.29, 0.717) is 16.8 Å². The molecular formula is C19H15NO3. The molecule has 2 aromatic carbocycles. The molecule has 0 spiro atoms. The maximum absolute atomic E-state index is 12.6. The lowest BCUT2D eigenvalue weighted by atomic mass is 9.86. The van der Waals surface area contributed by atoms with E-state index in [2.05, 4.69) is 4.98 Å². The average Bonchev–Trinajstić information content (AvgIpc) is 2.54.